The summed E-state index contributed by atoms with van der Waals surface area (Å²) in [4.78, 5) is 77.9. The number of nitrogens with one attached hydrogen (secondary N) is 3. The number of aromatic nitrogens is 1. The first kappa shape index (κ1) is 43.4. The molecule has 1 aliphatic carbocycles. The minimum absolute atomic E-state index is 0.00287. The number of imide groups is 1. The van der Waals surface area contributed by atoms with Crippen molar-refractivity contribution in [3.05, 3.63) is 95.8 Å². The molecular weight excluding hydrogens is 752 g/mol. The Hall–Kier alpha value is -5.74. The van der Waals surface area contributed by atoms with E-state index in [9.17, 15) is 38.3 Å². The molecule has 1 aliphatic heterocycles. The van der Waals surface area contributed by atoms with E-state index in [0.717, 1.165) is 40.8 Å². The van der Waals surface area contributed by atoms with Gasteiger partial charge in [-0.2, -0.15) is 0 Å². The predicted molar refractivity (Wildman–Crippen MR) is 210 cm³/mol. The summed E-state index contributed by atoms with van der Waals surface area (Å²) in [7, 11) is 0. The lowest BCUT2D eigenvalue weighted by molar-refractivity contribution is -0.141. The van der Waals surface area contributed by atoms with Crippen molar-refractivity contribution < 1.29 is 42.7 Å². The number of hydrogen-bond acceptors (Lipinski definition) is 8. The largest absolute Gasteiger partial charge is 0.387 e. The fourth-order valence-electron chi connectivity index (χ4n) is 7.55. The number of amides is 6. The number of hydrogen-bond donors (Lipinski definition) is 5. The fraction of sp³-hybridized carbons (Fsp3) is 0.429. The van der Waals surface area contributed by atoms with Crippen LogP contribution in [0.3, 0.4) is 0 Å². The molecule has 3 aromatic rings. The second-order valence-corrected chi connectivity index (χ2v) is 15.7. The highest BCUT2D eigenvalue weighted by molar-refractivity contribution is 6.14. The molecule has 0 bridgehead atoms. The van der Waals surface area contributed by atoms with E-state index >= 15 is 4.39 Å². The second-order valence-electron chi connectivity index (χ2n) is 15.7. The number of aliphatic hydroxyl groups is 1. The number of halogens is 2. The Labute approximate surface area is 335 Å². The maximum absolute atomic E-state index is 15.1. The van der Waals surface area contributed by atoms with E-state index in [1.165, 1.54) is 4.90 Å². The molecule has 1 saturated carbocycles. The average molecular weight is 804 g/mol. The van der Waals surface area contributed by atoms with Crippen molar-refractivity contribution in [1.82, 2.24) is 30.3 Å². The molecule has 0 spiro atoms. The predicted octanol–water partition coefficient (Wildman–Crippen LogP) is 2.55. The van der Waals surface area contributed by atoms with Crippen LogP contribution in [0.1, 0.15) is 63.8 Å². The van der Waals surface area contributed by atoms with Crippen molar-refractivity contribution in [3.8, 4) is 11.1 Å². The molecule has 310 valence electrons. The van der Waals surface area contributed by atoms with Gasteiger partial charge in [0.1, 0.15) is 24.8 Å². The lowest BCUT2D eigenvalue weighted by atomic mass is 9.82. The number of aliphatic hydroxyl groups excluding tert-OH is 1. The molecule has 2 aromatic carbocycles. The number of nitrogens with two attached hydrogens (primary N) is 1. The Morgan fingerprint density at radius 3 is 2.33 bits per heavy atom. The number of carbonyl (C=O) groups excluding carboxylic acids is 6. The van der Waals surface area contributed by atoms with Crippen LogP contribution in [0.5, 0.6) is 0 Å². The van der Waals surface area contributed by atoms with Gasteiger partial charge in [-0.25, -0.2) is 8.78 Å². The van der Waals surface area contributed by atoms with Crippen molar-refractivity contribution in [3.63, 3.8) is 0 Å². The van der Waals surface area contributed by atoms with Crippen molar-refractivity contribution in [2.45, 2.75) is 71.1 Å². The Bertz CT molecular complexity index is 2010. The van der Waals surface area contributed by atoms with Crippen LogP contribution in [-0.4, -0.2) is 99.8 Å². The van der Waals surface area contributed by atoms with Gasteiger partial charge >= 0.3 is 0 Å². The Balaban J connectivity index is 1.25. The summed E-state index contributed by atoms with van der Waals surface area (Å²) in [5.74, 6) is -4.93. The van der Waals surface area contributed by atoms with Gasteiger partial charge in [0.05, 0.1) is 18.0 Å². The highest BCUT2D eigenvalue weighted by Gasteiger charge is 2.39. The zero-order chi connectivity index (χ0) is 42.1. The molecule has 1 aromatic heterocycles. The molecule has 2 heterocycles. The lowest BCUT2D eigenvalue weighted by Gasteiger charge is -2.41. The average Bonchev–Trinajstić information content (AvgIpc) is 3.91. The van der Waals surface area contributed by atoms with Gasteiger partial charge < -0.3 is 36.3 Å². The maximum atomic E-state index is 15.1. The topological polar surface area (TPSA) is 196 Å². The van der Waals surface area contributed by atoms with E-state index in [2.05, 4.69) is 16.0 Å². The maximum Gasteiger partial charge on any atom is 0.254 e. The Morgan fingerprint density at radius 1 is 0.966 bits per heavy atom. The van der Waals surface area contributed by atoms with E-state index < -0.39 is 83.8 Å². The van der Waals surface area contributed by atoms with Gasteiger partial charge in [-0.05, 0) is 54.5 Å². The van der Waals surface area contributed by atoms with E-state index in [0.29, 0.717) is 37.1 Å². The molecule has 6 amide bonds. The summed E-state index contributed by atoms with van der Waals surface area (Å²) >= 11 is 0. The molecular formula is C42H51F2N7O7. The van der Waals surface area contributed by atoms with E-state index in [1.54, 1.807) is 12.3 Å². The second kappa shape index (κ2) is 19.1. The van der Waals surface area contributed by atoms with Crippen molar-refractivity contribution in [1.29, 1.82) is 0 Å². The molecule has 0 radical (unpaired) electrons. The SMILES string of the molecule is CC(C)(C)[C@H](c1cc(-c2cc(F)ccc2F)cn1Cc1ccccc1)N(CC[C@H](N)C(=O)NC1CCCC1C(=O)NCCNC(=O)CN1C(=O)C=CC1=O)C(=O)CO. The van der Waals surface area contributed by atoms with Crippen molar-refractivity contribution >= 4 is 35.4 Å². The van der Waals surface area contributed by atoms with Gasteiger partial charge in [-0.15, -0.1) is 0 Å². The first-order valence-corrected chi connectivity index (χ1v) is 19.3. The number of nitrogens with zero attached hydrogens (tertiary/aromatic N) is 3. The first-order chi connectivity index (χ1) is 27.6. The highest BCUT2D eigenvalue weighted by Crippen LogP contribution is 2.41. The third-order valence-corrected chi connectivity index (χ3v) is 10.4. The zero-order valence-corrected chi connectivity index (χ0v) is 32.9. The van der Waals surface area contributed by atoms with Gasteiger partial charge in [0.2, 0.25) is 23.6 Å². The zero-order valence-electron chi connectivity index (χ0n) is 32.9. The summed E-state index contributed by atoms with van der Waals surface area (Å²) in [6.07, 6.45) is 5.61. The summed E-state index contributed by atoms with van der Waals surface area (Å²) in [5.41, 5.74) is 7.72. The van der Waals surface area contributed by atoms with Gasteiger partial charge in [0, 0.05) is 67.4 Å². The molecule has 5 rings (SSSR count). The van der Waals surface area contributed by atoms with Crippen molar-refractivity contribution in [2.24, 2.45) is 17.1 Å². The number of rotatable bonds is 17. The number of carbonyl (C=O) groups is 6. The van der Waals surface area contributed by atoms with E-state index in [4.69, 9.17) is 5.73 Å². The van der Waals surface area contributed by atoms with Crippen molar-refractivity contribution in [2.75, 3.05) is 32.8 Å². The molecule has 14 nitrogen and oxygen atoms in total. The van der Waals surface area contributed by atoms with E-state index in [-0.39, 0.29) is 37.5 Å². The van der Waals surface area contributed by atoms with Gasteiger partial charge in [-0.1, -0.05) is 57.5 Å². The molecule has 1 fully saturated rings. The quantitative estimate of drug-likeness (QED) is 0.101. The van der Waals surface area contributed by atoms with Crippen LogP contribution >= 0.6 is 0 Å². The number of benzene rings is 2. The third kappa shape index (κ3) is 10.8. The van der Waals surface area contributed by atoms with Crippen LogP contribution in [0, 0.1) is 23.0 Å². The minimum Gasteiger partial charge on any atom is -0.387 e. The fourth-order valence-corrected chi connectivity index (χ4v) is 7.55. The summed E-state index contributed by atoms with van der Waals surface area (Å²) in [6.45, 7) is 4.94. The summed E-state index contributed by atoms with van der Waals surface area (Å²) < 4.78 is 31.3. The molecule has 16 heteroatoms. The Morgan fingerprint density at radius 2 is 1.66 bits per heavy atom. The van der Waals surface area contributed by atoms with E-state index in [1.807, 2.05) is 55.7 Å². The van der Waals surface area contributed by atoms with Crippen LogP contribution in [0.4, 0.5) is 8.78 Å². The summed E-state index contributed by atoms with van der Waals surface area (Å²) in [6, 6.07) is 12.1. The normalized spacial score (nSPS) is 17.6. The standard InChI is InChI=1S/C42H51F2N7O7/c1-42(2,3)39(34-20-27(30-21-28(43)12-13-31(30)44)23-49(34)22-26-8-5-4-6-9-26)50(38(56)25-52)19-16-32(45)41(58)48-33-11-7-10-29(33)40(57)47-18-17-46-35(53)24-51-36(54)14-15-37(51)55/h4-6,8-9,12-15,20-21,23,29,32-33,39,52H,7,10-11,16-19,22,24-25,45H2,1-3H3,(H,46,53)(H,47,57)(H,48,58)/t29?,32-,33?,39-/m0/s1. The molecule has 58 heavy (non-hydrogen) atoms. The van der Waals surface area contributed by atoms with Gasteiger partial charge in [0.25, 0.3) is 11.8 Å². The summed E-state index contributed by atoms with van der Waals surface area (Å²) in [5, 5.41) is 18.4. The van der Waals surface area contributed by atoms with Crippen LogP contribution < -0.4 is 21.7 Å². The van der Waals surface area contributed by atoms with Crippen LogP contribution in [0.25, 0.3) is 11.1 Å². The smallest absolute Gasteiger partial charge is 0.254 e. The molecule has 4 atom stereocenters. The first-order valence-electron chi connectivity index (χ1n) is 19.3. The van der Waals surface area contributed by atoms with Gasteiger partial charge in [0.15, 0.2) is 0 Å². The Kier molecular flexibility index (Phi) is 14.3. The molecule has 0 saturated heterocycles. The minimum atomic E-state index is -1.09. The van der Waals surface area contributed by atoms with Crippen LogP contribution in [0.15, 0.2) is 72.9 Å². The third-order valence-electron chi connectivity index (χ3n) is 10.4. The van der Waals surface area contributed by atoms with Crippen LogP contribution in [0.2, 0.25) is 0 Å². The van der Waals surface area contributed by atoms with Crippen LogP contribution in [-0.2, 0) is 35.3 Å². The monoisotopic (exact) mass is 803 g/mol. The lowest BCUT2D eigenvalue weighted by Crippen LogP contribution is -2.51. The molecule has 6 N–H and O–H groups in total. The molecule has 2 unspecified atom stereocenters. The molecule has 2 aliphatic rings. The highest BCUT2D eigenvalue weighted by atomic mass is 19.1. The van der Waals surface area contributed by atoms with Gasteiger partial charge in [-0.3, -0.25) is 33.7 Å².